The summed E-state index contributed by atoms with van der Waals surface area (Å²) in [5.74, 6) is -3.46. The topological polar surface area (TPSA) is 113 Å². The molecule has 3 amide bonds. The van der Waals surface area contributed by atoms with Crippen molar-refractivity contribution in [3.63, 3.8) is 0 Å². The average Bonchev–Trinajstić information content (AvgIpc) is 3.03. The number of rotatable bonds is 9. The van der Waals surface area contributed by atoms with Gasteiger partial charge in [0, 0.05) is 26.1 Å². The lowest BCUT2D eigenvalue weighted by Crippen LogP contribution is -2.38. The summed E-state index contributed by atoms with van der Waals surface area (Å²) in [6.45, 7) is -0.330. The molecule has 8 nitrogen and oxygen atoms in total. The zero-order valence-corrected chi connectivity index (χ0v) is 18.7. The van der Waals surface area contributed by atoms with Gasteiger partial charge in [-0.05, 0) is 41.6 Å². The summed E-state index contributed by atoms with van der Waals surface area (Å²) in [5, 5.41) is 2.05. The molecule has 0 unspecified atom stereocenters. The molecule has 2 aromatic rings. The van der Waals surface area contributed by atoms with E-state index in [0.717, 1.165) is 28.3 Å². The summed E-state index contributed by atoms with van der Waals surface area (Å²) in [4.78, 5) is 37.3. The highest BCUT2D eigenvalue weighted by Crippen LogP contribution is 2.31. The Morgan fingerprint density at radius 1 is 1.03 bits per heavy atom. The van der Waals surface area contributed by atoms with Crippen LogP contribution in [-0.4, -0.2) is 50.0 Å². The van der Waals surface area contributed by atoms with E-state index in [1.54, 1.807) is 18.2 Å². The molecule has 0 saturated carbocycles. The molecule has 0 radical (unpaired) electrons. The number of halogens is 2. The van der Waals surface area contributed by atoms with Gasteiger partial charge in [0.25, 0.3) is 11.1 Å². The molecule has 33 heavy (non-hydrogen) atoms. The van der Waals surface area contributed by atoms with Crippen LogP contribution in [0.3, 0.4) is 0 Å². The fraction of sp³-hybridized carbons (Fsp3) is 0.190. The van der Waals surface area contributed by atoms with Crippen LogP contribution in [0.2, 0.25) is 0 Å². The maximum atomic E-state index is 13.2. The van der Waals surface area contributed by atoms with Crippen LogP contribution in [0.15, 0.2) is 58.3 Å². The van der Waals surface area contributed by atoms with Crippen LogP contribution >= 0.6 is 11.8 Å². The number of nitrogens with zero attached hydrogens (tertiary/aromatic N) is 1. The number of nitrogens with one attached hydrogen (secondary N) is 2. The van der Waals surface area contributed by atoms with Crippen LogP contribution in [0.1, 0.15) is 12.0 Å². The van der Waals surface area contributed by atoms with Gasteiger partial charge >= 0.3 is 0 Å². The third kappa shape index (κ3) is 6.46. The number of imide groups is 1. The highest BCUT2D eigenvalue weighted by atomic mass is 32.2. The monoisotopic (exact) mass is 495 g/mol. The third-order valence-corrected chi connectivity index (χ3v) is 6.84. The second-order valence-corrected chi connectivity index (χ2v) is 9.58. The van der Waals surface area contributed by atoms with Crippen molar-refractivity contribution in [2.45, 2.75) is 11.3 Å². The number of carbonyl (C=O) groups is 3. The molecule has 12 heteroatoms. The predicted molar refractivity (Wildman–Crippen MR) is 118 cm³/mol. The van der Waals surface area contributed by atoms with Crippen molar-refractivity contribution in [2.75, 3.05) is 19.6 Å². The van der Waals surface area contributed by atoms with Gasteiger partial charge in [-0.3, -0.25) is 19.3 Å². The molecular weight excluding hydrogens is 476 g/mol. The summed E-state index contributed by atoms with van der Waals surface area (Å²) in [7, 11) is -4.12. The SMILES string of the molecule is O=C(CCNS(=O)(=O)c1ccc(F)c(F)c1)NCCN1C(=O)S/C(=C\c2ccccc2)C1=O. The van der Waals surface area contributed by atoms with Gasteiger partial charge in [0.05, 0.1) is 9.80 Å². The second kappa shape index (κ2) is 10.7. The van der Waals surface area contributed by atoms with Gasteiger partial charge in [0.2, 0.25) is 15.9 Å². The zero-order chi connectivity index (χ0) is 24.0. The van der Waals surface area contributed by atoms with E-state index in [1.165, 1.54) is 0 Å². The van der Waals surface area contributed by atoms with Crippen LogP contribution in [0, 0.1) is 11.6 Å². The molecule has 0 aromatic heterocycles. The third-order valence-electron chi connectivity index (χ3n) is 4.47. The quantitative estimate of drug-likeness (QED) is 0.517. The standard InChI is InChI=1S/C21H19F2N3O5S2/c22-16-7-6-15(13-17(16)23)33(30,31)25-9-8-19(27)24-10-11-26-20(28)18(32-21(26)29)12-14-4-2-1-3-5-14/h1-7,12-13,25H,8-11H2,(H,24,27)/b18-12-. The van der Waals surface area contributed by atoms with Gasteiger partial charge in [0.1, 0.15) is 0 Å². The van der Waals surface area contributed by atoms with Crippen molar-refractivity contribution in [1.82, 2.24) is 14.9 Å². The molecule has 2 aromatic carbocycles. The van der Waals surface area contributed by atoms with Gasteiger partial charge in [0.15, 0.2) is 11.6 Å². The molecule has 0 atom stereocenters. The molecular formula is C21H19F2N3O5S2. The Balaban J connectivity index is 1.44. The van der Waals surface area contributed by atoms with Crippen molar-refractivity contribution >= 4 is 44.9 Å². The molecule has 0 spiro atoms. The Bertz CT molecular complexity index is 1200. The molecule has 3 rings (SSSR count). The molecule has 1 aliphatic heterocycles. The minimum absolute atomic E-state index is 0.00852. The summed E-state index contributed by atoms with van der Waals surface area (Å²) in [6.07, 6.45) is 1.38. The highest BCUT2D eigenvalue weighted by Gasteiger charge is 2.34. The fourth-order valence-electron chi connectivity index (χ4n) is 2.82. The fourth-order valence-corrected chi connectivity index (χ4v) is 4.72. The summed E-state index contributed by atoms with van der Waals surface area (Å²) in [6, 6.07) is 11.2. The lowest BCUT2D eigenvalue weighted by Gasteiger charge is -2.13. The van der Waals surface area contributed by atoms with Crippen LogP contribution in [-0.2, 0) is 19.6 Å². The second-order valence-electron chi connectivity index (χ2n) is 6.82. The van der Waals surface area contributed by atoms with E-state index in [4.69, 9.17) is 0 Å². The van der Waals surface area contributed by atoms with Crippen molar-refractivity contribution in [3.8, 4) is 0 Å². The van der Waals surface area contributed by atoms with Gasteiger partial charge < -0.3 is 5.32 Å². The Kier molecular flexibility index (Phi) is 7.95. The number of amides is 3. The van der Waals surface area contributed by atoms with E-state index in [0.29, 0.717) is 12.1 Å². The Hall–Kier alpha value is -3.09. The van der Waals surface area contributed by atoms with E-state index >= 15 is 0 Å². The highest BCUT2D eigenvalue weighted by molar-refractivity contribution is 8.18. The van der Waals surface area contributed by atoms with Crippen molar-refractivity contribution < 1.29 is 31.6 Å². The van der Waals surface area contributed by atoms with Crippen LogP contribution in [0.25, 0.3) is 6.08 Å². The molecule has 1 aliphatic rings. The van der Waals surface area contributed by atoms with E-state index in [9.17, 15) is 31.6 Å². The zero-order valence-electron chi connectivity index (χ0n) is 17.1. The van der Waals surface area contributed by atoms with Crippen molar-refractivity contribution in [1.29, 1.82) is 0 Å². The van der Waals surface area contributed by atoms with Crippen LogP contribution < -0.4 is 10.0 Å². The summed E-state index contributed by atoms with van der Waals surface area (Å²) < 4.78 is 52.5. The number of hydrogen-bond donors (Lipinski definition) is 2. The summed E-state index contributed by atoms with van der Waals surface area (Å²) in [5.41, 5.74) is 0.780. The van der Waals surface area contributed by atoms with Gasteiger partial charge in [-0.2, -0.15) is 0 Å². The van der Waals surface area contributed by atoms with Crippen LogP contribution in [0.4, 0.5) is 13.6 Å². The minimum atomic E-state index is -4.12. The normalized spacial score (nSPS) is 15.3. The smallest absolute Gasteiger partial charge is 0.293 e. The first-order valence-electron chi connectivity index (χ1n) is 9.69. The van der Waals surface area contributed by atoms with Gasteiger partial charge in [-0.1, -0.05) is 30.3 Å². The van der Waals surface area contributed by atoms with Gasteiger partial charge in [-0.15, -0.1) is 0 Å². The predicted octanol–water partition coefficient (Wildman–Crippen LogP) is 2.49. The largest absolute Gasteiger partial charge is 0.354 e. The first kappa shape index (κ1) is 24.6. The van der Waals surface area contributed by atoms with Crippen LogP contribution in [0.5, 0.6) is 0 Å². The number of carbonyl (C=O) groups excluding carboxylic acids is 3. The van der Waals surface area contributed by atoms with E-state index in [-0.39, 0.29) is 31.0 Å². The average molecular weight is 496 g/mol. The van der Waals surface area contributed by atoms with Crippen molar-refractivity contribution in [3.05, 3.63) is 70.6 Å². The maximum Gasteiger partial charge on any atom is 0.293 e. The first-order valence-corrected chi connectivity index (χ1v) is 12.0. The van der Waals surface area contributed by atoms with E-state index in [1.807, 2.05) is 18.2 Å². The Morgan fingerprint density at radius 3 is 2.45 bits per heavy atom. The van der Waals surface area contributed by atoms with E-state index < -0.39 is 43.6 Å². The lowest BCUT2D eigenvalue weighted by atomic mass is 10.2. The lowest BCUT2D eigenvalue weighted by molar-refractivity contribution is -0.124. The Labute approximate surface area is 193 Å². The molecule has 0 aliphatic carbocycles. The molecule has 0 bridgehead atoms. The molecule has 1 saturated heterocycles. The van der Waals surface area contributed by atoms with Gasteiger partial charge in [-0.25, -0.2) is 21.9 Å². The minimum Gasteiger partial charge on any atom is -0.354 e. The maximum absolute atomic E-state index is 13.2. The number of thioether (sulfide) groups is 1. The molecule has 2 N–H and O–H groups in total. The summed E-state index contributed by atoms with van der Waals surface area (Å²) >= 11 is 0.811. The van der Waals surface area contributed by atoms with Crippen molar-refractivity contribution in [2.24, 2.45) is 0 Å². The number of sulfonamides is 1. The Morgan fingerprint density at radius 2 is 1.76 bits per heavy atom. The number of benzene rings is 2. The molecule has 1 fully saturated rings. The number of hydrogen-bond acceptors (Lipinski definition) is 6. The molecule has 1 heterocycles. The van der Waals surface area contributed by atoms with E-state index in [2.05, 4.69) is 10.0 Å². The molecule has 174 valence electrons. The first-order chi connectivity index (χ1) is 15.7.